The topological polar surface area (TPSA) is 70.2 Å². The molecular formula is C14H17Cl2N3O2. The molecule has 0 aromatic heterocycles. The van der Waals surface area contributed by atoms with Crippen molar-refractivity contribution in [3.8, 4) is 0 Å². The van der Waals surface area contributed by atoms with Crippen molar-refractivity contribution >= 4 is 41.5 Å². The van der Waals surface area contributed by atoms with Crippen molar-refractivity contribution in [2.75, 3.05) is 18.4 Å². The van der Waals surface area contributed by atoms with Crippen LogP contribution in [-0.4, -0.2) is 30.9 Å². The van der Waals surface area contributed by atoms with Crippen LogP contribution in [0.25, 0.3) is 0 Å². The van der Waals surface area contributed by atoms with E-state index in [-0.39, 0.29) is 30.3 Å². The van der Waals surface area contributed by atoms with E-state index in [4.69, 9.17) is 11.6 Å². The fraction of sp³-hybridized carbons (Fsp3) is 0.286. The van der Waals surface area contributed by atoms with E-state index in [0.717, 1.165) is 0 Å². The highest BCUT2D eigenvalue weighted by molar-refractivity contribution is 6.34. The number of hydrogen-bond donors (Lipinski definition) is 3. The van der Waals surface area contributed by atoms with Crippen LogP contribution in [-0.2, 0) is 4.79 Å². The van der Waals surface area contributed by atoms with Gasteiger partial charge in [0.2, 0.25) is 5.91 Å². The summed E-state index contributed by atoms with van der Waals surface area (Å²) < 4.78 is 0. The minimum atomic E-state index is -0.322. The molecule has 1 aromatic rings. The maximum Gasteiger partial charge on any atom is 0.252 e. The van der Waals surface area contributed by atoms with Crippen LogP contribution >= 0.6 is 24.0 Å². The molecule has 0 aliphatic carbocycles. The number of carbonyl (C=O) groups is 2. The standard InChI is InChI=1S/C14H16ClN3O2.ClH/c1-2-16-13(19)10-6-5-9(8-11(10)15)18-14(20)12-4-3-7-17-12;/h3-6,8,12,17H,2,7H2,1H3,(H,16,19)(H,18,20);1H. The van der Waals surface area contributed by atoms with E-state index in [1.807, 2.05) is 13.0 Å². The summed E-state index contributed by atoms with van der Waals surface area (Å²) in [6.45, 7) is 3.06. The van der Waals surface area contributed by atoms with Crippen LogP contribution in [0.15, 0.2) is 30.4 Å². The lowest BCUT2D eigenvalue weighted by atomic mass is 10.2. The molecular weight excluding hydrogens is 313 g/mol. The van der Waals surface area contributed by atoms with E-state index < -0.39 is 0 Å². The van der Waals surface area contributed by atoms with Gasteiger partial charge >= 0.3 is 0 Å². The number of rotatable bonds is 4. The average molecular weight is 330 g/mol. The first-order valence-electron chi connectivity index (χ1n) is 6.40. The van der Waals surface area contributed by atoms with Crippen LogP contribution in [0.4, 0.5) is 5.69 Å². The molecule has 1 aromatic carbocycles. The first-order valence-corrected chi connectivity index (χ1v) is 6.78. The Kier molecular flexibility index (Phi) is 6.68. The highest BCUT2D eigenvalue weighted by atomic mass is 35.5. The van der Waals surface area contributed by atoms with Crippen molar-refractivity contribution in [1.29, 1.82) is 0 Å². The van der Waals surface area contributed by atoms with Crippen molar-refractivity contribution in [1.82, 2.24) is 10.6 Å². The van der Waals surface area contributed by atoms with Crippen molar-refractivity contribution in [2.45, 2.75) is 13.0 Å². The predicted octanol–water partition coefficient (Wildman–Crippen LogP) is 1.98. The lowest BCUT2D eigenvalue weighted by Gasteiger charge is -2.11. The molecule has 0 bridgehead atoms. The maximum absolute atomic E-state index is 11.9. The van der Waals surface area contributed by atoms with Gasteiger partial charge in [0.15, 0.2) is 0 Å². The number of benzene rings is 1. The number of amides is 2. The van der Waals surface area contributed by atoms with Crippen LogP contribution in [0.3, 0.4) is 0 Å². The highest BCUT2D eigenvalue weighted by Crippen LogP contribution is 2.21. The first-order chi connectivity index (χ1) is 9.61. The van der Waals surface area contributed by atoms with Gasteiger partial charge in [0.25, 0.3) is 5.91 Å². The molecule has 1 atom stereocenters. The SMILES string of the molecule is CCNC(=O)c1ccc(NC(=O)C2C=CCN2)cc1Cl.Cl. The smallest absolute Gasteiger partial charge is 0.252 e. The van der Waals surface area contributed by atoms with Crippen molar-refractivity contribution in [3.05, 3.63) is 40.9 Å². The zero-order valence-corrected chi connectivity index (χ0v) is 13.1. The predicted molar refractivity (Wildman–Crippen MR) is 86.3 cm³/mol. The molecule has 2 amide bonds. The second kappa shape index (κ2) is 8.02. The minimum absolute atomic E-state index is 0. The Morgan fingerprint density at radius 1 is 1.43 bits per heavy atom. The van der Waals surface area contributed by atoms with Gasteiger partial charge in [-0.3, -0.25) is 14.9 Å². The van der Waals surface area contributed by atoms with Gasteiger partial charge in [0, 0.05) is 18.8 Å². The van der Waals surface area contributed by atoms with Gasteiger partial charge in [-0.15, -0.1) is 12.4 Å². The fourth-order valence-electron chi connectivity index (χ4n) is 1.90. The molecule has 1 heterocycles. The summed E-state index contributed by atoms with van der Waals surface area (Å²) in [5.41, 5.74) is 0.959. The van der Waals surface area contributed by atoms with Crippen molar-refractivity contribution < 1.29 is 9.59 Å². The lowest BCUT2D eigenvalue weighted by Crippen LogP contribution is -2.35. The maximum atomic E-state index is 11.9. The second-order valence-corrected chi connectivity index (χ2v) is 4.76. The Labute approximate surface area is 134 Å². The van der Waals surface area contributed by atoms with Crippen LogP contribution in [0.5, 0.6) is 0 Å². The third-order valence-corrected chi connectivity index (χ3v) is 3.20. The Balaban J connectivity index is 0.00000220. The third kappa shape index (κ3) is 4.46. The van der Waals surface area contributed by atoms with E-state index in [1.54, 1.807) is 24.3 Å². The van der Waals surface area contributed by atoms with E-state index in [2.05, 4.69) is 16.0 Å². The van der Waals surface area contributed by atoms with Gasteiger partial charge in [-0.05, 0) is 25.1 Å². The molecule has 21 heavy (non-hydrogen) atoms. The number of halogens is 2. The normalized spacial score (nSPS) is 16.2. The quantitative estimate of drug-likeness (QED) is 0.740. The summed E-state index contributed by atoms with van der Waals surface area (Å²) in [7, 11) is 0. The van der Waals surface area contributed by atoms with Crippen molar-refractivity contribution in [2.24, 2.45) is 0 Å². The van der Waals surface area contributed by atoms with Gasteiger partial charge in [-0.25, -0.2) is 0 Å². The van der Waals surface area contributed by atoms with Crippen LogP contribution < -0.4 is 16.0 Å². The molecule has 7 heteroatoms. The monoisotopic (exact) mass is 329 g/mol. The lowest BCUT2D eigenvalue weighted by molar-refractivity contribution is -0.116. The van der Waals surface area contributed by atoms with E-state index in [1.165, 1.54) is 0 Å². The average Bonchev–Trinajstić information content (AvgIpc) is 2.93. The molecule has 0 saturated carbocycles. The molecule has 3 N–H and O–H groups in total. The Morgan fingerprint density at radius 3 is 2.76 bits per heavy atom. The summed E-state index contributed by atoms with van der Waals surface area (Å²) in [5, 5.41) is 8.76. The third-order valence-electron chi connectivity index (χ3n) is 2.89. The van der Waals surface area contributed by atoms with E-state index in [9.17, 15) is 9.59 Å². The molecule has 1 aliphatic rings. The van der Waals surface area contributed by atoms with Gasteiger partial charge < -0.3 is 10.6 Å². The fourth-order valence-corrected chi connectivity index (χ4v) is 2.17. The van der Waals surface area contributed by atoms with E-state index >= 15 is 0 Å². The summed E-state index contributed by atoms with van der Waals surface area (Å²) in [4.78, 5) is 23.6. The van der Waals surface area contributed by atoms with E-state index in [0.29, 0.717) is 29.4 Å². The largest absolute Gasteiger partial charge is 0.352 e. The highest BCUT2D eigenvalue weighted by Gasteiger charge is 2.18. The zero-order valence-electron chi connectivity index (χ0n) is 11.5. The molecule has 0 fully saturated rings. The summed E-state index contributed by atoms with van der Waals surface area (Å²) in [6.07, 6.45) is 3.70. The molecule has 114 valence electrons. The number of carbonyl (C=O) groups excluding carboxylic acids is 2. The van der Waals surface area contributed by atoms with Gasteiger partial charge in [-0.2, -0.15) is 0 Å². The van der Waals surface area contributed by atoms with Crippen LogP contribution in [0, 0.1) is 0 Å². The molecule has 2 rings (SSSR count). The Hall–Kier alpha value is -1.56. The second-order valence-electron chi connectivity index (χ2n) is 4.36. The van der Waals surface area contributed by atoms with Crippen LogP contribution in [0.2, 0.25) is 5.02 Å². The molecule has 5 nitrogen and oxygen atoms in total. The minimum Gasteiger partial charge on any atom is -0.352 e. The zero-order chi connectivity index (χ0) is 14.5. The molecule has 0 radical (unpaired) electrons. The number of nitrogens with one attached hydrogen (secondary N) is 3. The summed E-state index contributed by atoms with van der Waals surface area (Å²) in [6, 6.07) is 4.51. The Morgan fingerprint density at radius 2 is 2.19 bits per heavy atom. The van der Waals surface area contributed by atoms with Crippen LogP contribution in [0.1, 0.15) is 17.3 Å². The molecule has 0 spiro atoms. The molecule has 1 aliphatic heterocycles. The van der Waals surface area contributed by atoms with Gasteiger partial charge in [0.05, 0.1) is 10.6 Å². The first kappa shape index (κ1) is 17.5. The van der Waals surface area contributed by atoms with Gasteiger partial charge in [0.1, 0.15) is 6.04 Å². The number of hydrogen-bond acceptors (Lipinski definition) is 3. The van der Waals surface area contributed by atoms with Gasteiger partial charge in [-0.1, -0.05) is 23.8 Å². The summed E-state index contributed by atoms with van der Waals surface area (Å²) >= 11 is 6.06. The molecule has 0 saturated heterocycles. The van der Waals surface area contributed by atoms with Crippen molar-refractivity contribution in [3.63, 3.8) is 0 Å². The number of anilines is 1. The summed E-state index contributed by atoms with van der Waals surface area (Å²) in [5.74, 6) is -0.378. The Bertz CT molecular complexity index is 561. The molecule has 1 unspecified atom stereocenters.